The van der Waals surface area contributed by atoms with Gasteiger partial charge in [0.25, 0.3) is 0 Å². The summed E-state index contributed by atoms with van der Waals surface area (Å²) in [5.74, 6) is -0.156. The van der Waals surface area contributed by atoms with Gasteiger partial charge in [0, 0.05) is 12.6 Å². The van der Waals surface area contributed by atoms with Gasteiger partial charge in [0.1, 0.15) is 0 Å². The summed E-state index contributed by atoms with van der Waals surface area (Å²) in [6, 6.07) is 0.379. The molecule has 1 saturated heterocycles. The van der Waals surface area contributed by atoms with Crippen molar-refractivity contribution >= 4 is 5.97 Å². The minimum absolute atomic E-state index is 0.156. The first-order chi connectivity index (χ1) is 6.24. The van der Waals surface area contributed by atoms with E-state index in [1.807, 2.05) is 18.9 Å². The third-order valence-corrected chi connectivity index (χ3v) is 2.21. The number of hydrogen-bond acceptors (Lipinski definition) is 4. The smallest absolute Gasteiger partial charge is 0.320 e. The highest BCUT2D eigenvalue weighted by molar-refractivity contribution is 5.71. The van der Waals surface area contributed by atoms with Crippen LogP contribution in [0, 0.1) is 0 Å². The molecule has 0 N–H and O–H groups in total. The largest absolute Gasteiger partial charge is 0.465 e. The standard InChI is InChI=1S/C9H17NO3/c1-3-13-9(11)6-10(2)8-4-5-12-7-8/h8H,3-7H2,1-2H3. The number of ether oxygens (including phenoxy) is 2. The highest BCUT2D eigenvalue weighted by Gasteiger charge is 2.21. The molecular weight excluding hydrogens is 170 g/mol. The Hall–Kier alpha value is -0.610. The normalized spacial score (nSPS) is 22.2. The van der Waals surface area contributed by atoms with Crippen LogP contribution in [0.25, 0.3) is 0 Å². The van der Waals surface area contributed by atoms with Gasteiger partial charge in [-0.1, -0.05) is 0 Å². The SMILES string of the molecule is CCOC(=O)CN(C)C1CCOC1. The maximum absolute atomic E-state index is 11.1. The summed E-state index contributed by atoms with van der Waals surface area (Å²) < 4.78 is 10.1. The summed E-state index contributed by atoms with van der Waals surface area (Å²) in [7, 11) is 1.93. The van der Waals surface area contributed by atoms with Gasteiger partial charge in [-0.3, -0.25) is 9.69 Å². The zero-order chi connectivity index (χ0) is 9.68. The molecule has 13 heavy (non-hydrogen) atoms. The quantitative estimate of drug-likeness (QED) is 0.592. The molecular formula is C9H17NO3. The number of likely N-dealkylation sites (N-methyl/N-ethyl adjacent to an activating group) is 1. The number of esters is 1. The van der Waals surface area contributed by atoms with Gasteiger partial charge in [-0.15, -0.1) is 0 Å². The highest BCUT2D eigenvalue weighted by Crippen LogP contribution is 2.09. The van der Waals surface area contributed by atoms with Crippen molar-refractivity contribution in [1.29, 1.82) is 0 Å². The van der Waals surface area contributed by atoms with Gasteiger partial charge in [0.05, 0.1) is 19.8 Å². The van der Waals surface area contributed by atoms with E-state index in [-0.39, 0.29) is 5.97 Å². The predicted molar refractivity (Wildman–Crippen MR) is 48.5 cm³/mol. The molecule has 0 bridgehead atoms. The molecule has 4 heteroatoms. The second-order valence-corrected chi connectivity index (χ2v) is 3.24. The van der Waals surface area contributed by atoms with Crippen molar-refractivity contribution in [3.8, 4) is 0 Å². The van der Waals surface area contributed by atoms with Crippen LogP contribution in [0.5, 0.6) is 0 Å². The first-order valence-electron chi connectivity index (χ1n) is 4.67. The molecule has 0 spiro atoms. The lowest BCUT2D eigenvalue weighted by Gasteiger charge is -2.21. The van der Waals surface area contributed by atoms with E-state index in [4.69, 9.17) is 9.47 Å². The molecule has 1 aliphatic rings. The Kier molecular flexibility index (Phi) is 4.18. The van der Waals surface area contributed by atoms with Gasteiger partial charge >= 0.3 is 5.97 Å². The van der Waals surface area contributed by atoms with Crippen molar-refractivity contribution in [2.24, 2.45) is 0 Å². The highest BCUT2D eigenvalue weighted by atomic mass is 16.5. The Labute approximate surface area is 78.8 Å². The molecule has 76 valence electrons. The second kappa shape index (κ2) is 5.19. The van der Waals surface area contributed by atoms with Crippen LogP contribution >= 0.6 is 0 Å². The lowest BCUT2D eigenvalue weighted by atomic mass is 10.2. The average Bonchev–Trinajstić information content (AvgIpc) is 2.55. The van der Waals surface area contributed by atoms with Gasteiger partial charge in [-0.05, 0) is 20.4 Å². The minimum atomic E-state index is -0.156. The molecule has 1 aliphatic heterocycles. The van der Waals surface area contributed by atoms with Gasteiger partial charge in [-0.2, -0.15) is 0 Å². The second-order valence-electron chi connectivity index (χ2n) is 3.24. The molecule has 0 radical (unpaired) electrons. The summed E-state index contributed by atoms with van der Waals surface area (Å²) in [5.41, 5.74) is 0. The third kappa shape index (κ3) is 3.32. The molecule has 0 aromatic heterocycles. The van der Waals surface area contributed by atoms with Crippen molar-refractivity contribution in [2.75, 3.05) is 33.4 Å². The van der Waals surface area contributed by atoms with E-state index in [1.165, 1.54) is 0 Å². The third-order valence-electron chi connectivity index (χ3n) is 2.21. The number of carbonyl (C=O) groups is 1. The average molecular weight is 187 g/mol. The molecule has 0 aromatic rings. The zero-order valence-electron chi connectivity index (χ0n) is 8.28. The maximum atomic E-state index is 11.1. The summed E-state index contributed by atoms with van der Waals surface area (Å²) in [4.78, 5) is 13.1. The zero-order valence-corrected chi connectivity index (χ0v) is 8.28. The Morgan fingerprint density at radius 2 is 2.46 bits per heavy atom. The number of rotatable bonds is 4. The van der Waals surface area contributed by atoms with Gasteiger partial charge < -0.3 is 9.47 Å². The van der Waals surface area contributed by atoms with Crippen LogP contribution < -0.4 is 0 Å². The number of carbonyl (C=O) groups excluding carboxylic acids is 1. The molecule has 1 fully saturated rings. The van der Waals surface area contributed by atoms with Crippen LogP contribution in [-0.2, 0) is 14.3 Å². The summed E-state index contributed by atoms with van der Waals surface area (Å²) in [5, 5.41) is 0. The molecule has 0 saturated carbocycles. The van der Waals surface area contributed by atoms with Crippen molar-refractivity contribution in [3.05, 3.63) is 0 Å². The van der Waals surface area contributed by atoms with Crippen LogP contribution in [0.3, 0.4) is 0 Å². The molecule has 1 heterocycles. The lowest BCUT2D eigenvalue weighted by molar-refractivity contribution is -0.144. The molecule has 1 atom stereocenters. The van der Waals surface area contributed by atoms with E-state index in [1.54, 1.807) is 0 Å². The van der Waals surface area contributed by atoms with E-state index in [0.29, 0.717) is 19.2 Å². The van der Waals surface area contributed by atoms with Crippen LogP contribution in [0.4, 0.5) is 0 Å². The molecule has 1 unspecified atom stereocenters. The van der Waals surface area contributed by atoms with Crippen molar-refractivity contribution in [3.63, 3.8) is 0 Å². The monoisotopic (exact) mass is 187 g/mol. The molecule has 0 amide bonds. The van der Waals surface area contributed by atoms with Crippen LogP contribution in [0.2, 0.25) is 0 Å². The number of nitrogens with zero attached hydrogens (tertiary/aromatic N) is 1. The molecule has 0 aliphatic carbocycles. The summed E-state index contributed by atoms with van der Waals surface area (Å²) in [6.45, 7) is 4.17. The molecule has 1 rings (SSSR count). The number of hydrogen-bond donors (Lipinski definition) is 0. The first-order valence-corrected chi connectivity index (χ1v) is 4.67. The van der Waals surface area contributed by atoms with E-state index < -0.39 is 0 Å². The van der Waals surface area contributed by atoms with Crippen LogP contribution in [-0.4, -0.2) is 50.3 Å². The lowest BCUT2D eigenvalue weighted by Crippen LogP contribution is -2.36. The van der Waals surface area contributed by atoms with Crippen molar-refractivity contribution in [1.82, 2.24) is 4.90 Å². The topological polar surface area (TPSA) is 38.8 Å². The predicted octanol–water partition coefficient (Wildman–Crippen LogP) is 0.270. The van der Waals surface area contributed by atoms with Crippen molar-refractivity contribution < 1.29 is 14.3 Å². The Balaban J connectivity index is 2.22. The summed E-state index contributed by atoms with van der Waals surface area (Å²) in [6.07, 6.45) is 1.01. The van der Waals surface area contributed by atoms with Gasteiger partial charge in [0.2, 0.25) is 0 Å². The van der Waals surface area contributed by atoms with Crippen molar-refractivity contribution in [2.45, 2.75) is 19.4 Å². The van der Waals surface area contributed by atoms with Gasteiger partial charge in [0.15, 0.2) is 0 Å². The van der Waals surface area contributed by atoms with Crippen LogP contribution in [0.15, 0.2) is 0 Å². The Morgan fingerprint density at radius 1 is 1.69 bits per heavy atom. The van der Waals surface area contributed by atoms with E-state index in [2.05, 4.69) is 0 Å². The van der Waals surface area contributed by atoms with E-state index in [9.17, 15) is 4.79 Å². The Morgan fingerprint density at radius 3 is 3.00 bits per heavy atom. The fourth-order valence-corrected chi connectivity index (χ4v) is 1.41. The summed E-state index contributed by atoms with van der Waals surface area (Å²) >= 11 is 0. The first kappa shape index (κ1) is 10.5. The fraction of sp³-hybridized carbons (Fsp3) is 0.889. The maximum Gasteiger partial charge on any atom is 0.320 e. The molecule has 0 aromatic carbocycles. The van der Waals surface area contributed by atoms with E-state index in [0.717, 1.165) is 19.6 Å². The van der Waals surface area contributed by atoms with Crippen LogP contribution in [0.1, 0.15) is 13.3 Å². The van der Waals surface area contributed by atoms with E-state index >= 15 is 0 Å². The Bertz CT molecular complexity index is 166. The molecule has 4 nitrogen and oxygen atoms in total. The van der Waals surface area contributed by atoms with Gasteiger partial charge in [-0.25, -0.2) is 0 Å². The fourth-order valence-electron chi connectivity index (χ4n) is 1.41. The minimum Gasteiger partial charge on any atom is -0.465 e.